The van der Waals surface area contributed by atoms with Crippen LogP contribution in [0.5, 0.6) is 0 Å². The number of carbonyl (C=O) groups is 1. The molecule has 1 N–H and O–H groups in total. The molecule has 0 aliphatic carbocycles. The maximum Gasteiger partial charge on any atom is 0.234 e. The highest BCUT2D eigenvalue weighted by molar-refractivity contribution is 7.99. The molecule has 3 rings (SSSR count). The third kappa shape index (κ3) is 4.68. The van der Waals surface area contributed by atoms with Gasteiger partial charge in [0.25, 0.3) is 0 Å². The van der Waals surface area contributed by atoms with Crippen LogP contribution in [0.2, 0.25) is 0 Å². The zero-order valence-electron chi connectivity index (χ0n) is 15.9. The average Bonchev–Trinajstić information content (AvgIpc) is 3.02. The van der Waals surface area contributed by atoms with Crippen LogP contribution in [0, 0.1) is 6.92 Å². The lowest BCUT2D eigenvalue weighted by atomic mass is 10.1. The summed E-state index contributed by atoms with van der Waals surface area (Å²) in [6.45, 7) is 2.05. The van der Waals surface area contributed by atoms with Crippen LogP contribution in [0.4, 0.5) is 11.4 Å². The second-order valence-electron chi connectivity index (χ2n) is 6.51. The van der Waals surface area contributed by atoms with Crippen molar-refractivity contribution in [3.8, 4) is 11.4 Å². The first-order valence-corrected chi connectivity index (χ1v) is 9.59. The van der Waals surface area contributed by atoms with Gasteiger partial charge in [0.1, 0.15) is 0 Å². The molecule has 0 saturated carbocycles. The number of thioether (sulfide) groups is 1. The summed E-state index contributed by atoms with van der Waals surface area (Å²) in [6.07, 6.45) is 0. The smallest absolute Gasteiger partial charge is 0.234 e. The molecule has 6 nitrogen and oxygen atoms in total. The highest BCUT2D eigenvalue weighted by atomic mass is 32.2. The van der Waals surface area contributed by atoms with E-state index in [-0.39, 0.29) is 11.7 Å². The van der Waals surface area contributed by atoms with Crippen LogP contribution in [-0.4, -0.2) is 40.5 Å². The number of aromatic nitrogens is 3. The number of benzene rings is 2. The lowest BCUT2D eigenvalue weighted by Gasteiger charge is -2.13. The van der Waals surface area contributed by atoms with E-state index in [0.29, 0.717) is 5.16 Å². The summed E-state index contributed by atoms with van der Waals surface area (Å²) < 4.78 is 1.91. The van der Waals surface area contributed by atoms with Gasteiger partial charge in [0, 0.05) is 38.1 Å². The van der Waals surface area contributed by atoms with E-state index in [0.717, 1.165) is 22.8 Å². The Morgan fingerprint density at radius 1 is 1.07 bits per heavy atom. The minimum absolute atomic E-state index is 0.0718. The Morgan fingerprint density at radius 3 is 2.37 bits per heavy atom. The molecule has 3 aromatic rings. The highest BCUT2D eigenvalue weighted by Gasteiger charge is 2.13. The molecule has 0 atom stereocenters. The molecule has 0 aliphatic heterocycles. The molecule has 7 heteroatoms. The first-order chi connectivity index (χ1) is 12.9. The maximum atomic E-state index is 12.2. The van der Waals surface area contributed by atoms with E-state index >= 15 is 0 Å². The van der Waals surface area contributed by atoms with Crippen molar-refractivity contribution in [1.82, 2.24) is 14.8 Å². The number of carbonyl (C=O) groups excluding carboxylic acids is 1. The van der Waals surface area contributed by atoms with Gasteiger partial charge in [-0.25, -0.2) is 0 Å². The van der Waals surface area contributed by atoms with Crippen molar-refractivity contribution in [3.63, 3.8) is 0 Å². The quantitative estimate of drug-likeness (QED) is 0.661. The summed E-state index contributed by atoms with van der Waals surface area (Å²) in [5.74, 6) is 0.990. The largest absolute Gasteiger partial charge is 0.378 e. The zero-order chi connectivity index (χ0) is 19.4. The number of anilines is 2. The van der Waals surface area contributed by atoms with Crippen LogP contribution >= 0.6 is 11.8 Å². The number of rotatable bonds is 6. The first-order valence-electron chi connectivity index (χ1n) is 8.60. The molecular formula is C20H23N5OS. The SMILES string of the molecule is Cc1ccc(-c2nnc(SCC(=O)Nc3ccc(N(C)C)cc3)n2C)cc1. The minimum atomic E-state index is -0.0718. The van der Waals surface area contributed by atoms with Gasteiger partial charge in [0.05, 0.1) is 5.75 Å². The molecule has 0 bridgehead atoms. The lowest BCUT2D eigenvalue weighted by molar-refractivity contribution is -0.113. The van der Waals surface area contributed by atoms with Crippen molar-refractivity contribution in [3.05, 3.63) is 54.1 Å². The summed E-state index contributed by atoms with van der Waals surface area (Å²) in [6, 6.07) is 15.9. The lowest BCUT2D eigenvalue weighted by Crippen LogP contribution is -2.15. The van der Waals surface area contributed by atoms with Gasteiger partial charge < -0.3 is 14.8 Å². The van der Waals surface area contributed by atoms with E-state index in [2.05, 4.69) is 15.5 Å². The normalized spacial score (nSPS) is 10.7. The summed E-state index contributed by atoms with van der Waals surface area (Å²) in [5, 5.41) is 12.1. The Hall–Kier alpha value is -2.80. The predicted octanol–water partition coefficient (Wildman–Crippen LogP) is 3.59. The molecule has 0 spiro atoms. The Balaban J connectivity index is 1.60. The molecule has 27 heavy (non-hydrogen) atoms. The molecule has 0 unspecified atom stereocenters. The molecule has 0 saturated heterocycles. The van der Waals surface area contributed by atoms with Crippen LogP contribution in [0.25, 0.3) is 11.4 Å². The molecular weight excluding hydrogens is 358 g/mol. The monoisotopic (exact) mass is 381 g/mol. The number of amides is 1. The van der Waals surface area contributed by atoms with Crippen LogP contribution in [0.15, 0.2) is 53.7 Å². The highest BCUT2D eigenvalue weighted by Crippen LogP contribution is 2.23. The number of hydrogen-bond donors (Lipinski definition) is 1. The second kappa shape index (κ2) is 8.26. The summed E-state index contributed by atoms with van der Waals surface area (Å²) in [7, 11) is 5.88. The van der Waals surface area contributed by atoms with Crippen molar-refractivity contribution in [2.75, 3.05) is 30.1 Å². The van der Waals surface area contributed by atoms with Gasteiger partial charge in [-0.1, -0.05) is 41.6 Å². The van der Waals surface area contributed by atoms with E-state index in [1.807, 2.05) is 86.1 Å². The predicted molar refractivity (Wildman–Crippen MR) is 111 cm³/mol. The topological polar surface area (TPSA) is 63.1 Å². The molecule has 2 aromatic carbocycles. The van der Waals surface area contributed by atoms with Gasteiger partial charge in [-0.3, -0.25) is 4.79 Å². The van der Waals surface area contributed by atoms with E-state index in [1.165, 1.54) is 17.3 Å². The second-order valence-corrected chi connectivity index (χ2v) is 7.45. The van der Waals surface area contributed by atoms with Crippen LogP contribution < -0.4 is 10.2 Å². The van der Waals surface area contributed by atoms with Gasteiger partial charge in [-0.15, -0.1) is 10.2 Å². The van der Waals surface area contributed by atoms with Crippen LogP contribution in [0.3, 0.4) is 0 Å². The molecule has 1 amide bonds. The number of nitrogens with one attached hydrogen (secondary N) is 1. The fourth-order valence-corrected chi connectivity index (χ4v) is 3.28. The van der Waals surface area contributed by atoms with E-state index in [4.69, 9.17) is 0 Å². The fourth-order valence-electron chi connectivity index (χ4n) is 2.56. The molecule has 1 heterocycles. The van der Waals surface area contributed by atoms with E-state index in [1.54, 1.807) is 0 Å². The Kier molecular flexibility index (Phi) is 5.81. The minimum Gasteiger partial charge on any atom is -0.378 e. The Labute approximate surface area is 163 Å². The Bertz CT molecular complexity index is 917. The molecule has 0 radical (unpaired) electrons. The number of nitrogens with zero attached hydrogens (tertiary/aromatic N) is 4. The van der Waals surface area contributed by atoms with Crippen LogP contribution in [-0.2, 0) is 11.8 Å². The van der Waals surface area contributed by atoms with Gasteiger partial charge in [0.2, 0.25) is 5.91 Å². The third-order valence-corrected chi connectivity index (χ3v) is 5.16. The van der Waals surface area contributed by atoms with Crippen molar-refractivity contribution in [1.29, 1.82) is 0 Å². The first kappa shape index (κ1) is 19.0. The van der Waals surface area contributed by atoms with E-state index < -0.39 is 0 Å². The van der Waals surface area contributed by atoms with Crippen molar-refractivity contribution >= 4 is 29.0 Å². The molecule has 0 aliphatic rings. The summed E-state index contributed by atoms with van der Waals surface area (Å²) in [5.41, 5.74) is 4.08. The number of hydrogen-bond acceptors (Lipinski definition) is 5. The average molecular weight is 382 g/mol. The van der Waals surface area contributed by atoms with Gasteiger partial charge in [-0.05, 0) is 31.2 Å². The van der Waals surface area contributed by atoms with Crippen molar-refractivity contribution in [2.45, 2.75) is 12.1 Å². The van der Waals surface area contributed by atoms with Crippen LogP contribution in [0.1, 0.15) is 5.56 Å². The van der Waals surface area contributed by atoms with Crippen molar-refractivity contribution < 1.29 is 4.79 Å². The molecule has 0 fully saturated rings. The van der Waals surface area contributed by atoms with Crippen molar-refractivity contribution in [2.24, 2.45) is 7.05 Å². The standard InChI is InChI=1S/C20H23N5OS/c1-14-5-7-15(8-6-14)19-22-23-20(25(19)4)27-13-18(26)21-16-9-11-17(12-10-16)24(2)3/h5-12H,13H2,1-4H3,(H,21,26). The Morgan fingerprint density at radius 2 is 1.74 bits per heavy atom. The van der Waals surface area contributed by atoms with Gasteiger partial charge >= 0.3 is 0 Å². The third-order valence-electron chi connectivity index (χ3n) is 4.14. The zero-order valence-corrected chi connectivity index (χ0v) is 16.7. The van der Waals surface area contributed by atoms with Gasteiger partial charge in [-0.2, -0.15) is 0 Å². The number of aryl methyl sites for hydroxylation is 1. The van der Waals surface area contributed by atoms with Gasteiger partial charge in [0.15, 0.2) is 11.0 Å². The van der Waals surface area contributed by atoms with E-state index in [9.17, 15) is 4.79 Å². The summed E-state index contributed by atoms with van der Waals surface area (Å²) in [4.78, 5) is 14.2. The summed E-state index contributed by atoms with van der Waals surface area (Å²) >= 11 is 1.37. The molecule has 140 valence electrons. The molecule has 1 aromatic heterocycles. The fraction of sp³-hybridized carbons (Fsp3) is 0.250. The maximum absolute atomic E-state index is 12.2.